The van der Waals surface area contributed by atoms with E-state index in [-0.39, 0.29) is 17.4 Å². The molecule has 24 heavy (non-hydrogen) atoms. The monoisotopic (exact) mass is 334 g/mol. The van der Waals surface area contributed by atoms with Gasteiger partial charge in [-0.2, -0.15) is 10.1 Å². The first-order chi connectivity index (χ1) is 11.7. The van der Waals surface area contributed by atoms with Crippen molar-refractivity contribution in [3.8, 4) is 0 Å². The van der Waals surface area contributed by atoms with Gasteiger partial charge < -0.3 is 0 Å². The van der Waals surface area contributed by atoms with Gasteiger partial charge >= 0.3 is 0 Å². The number of nitrogens with zero attached hydrogens (tertiary/aromatic N) is 2. The summed E-state index contributed by atoms with van der Waals surface area (Å²) in [6.07, 6.45) is 0. The maximum absolute atomic E-state index is 12.6. The lowest BCUT2D eigenvalue weighted by atomic mass is 9.89. The fraction of sp³-hybridized carbons (Fsp3) is 0.105. The number of carbonyl (C=O) groups excluding carboxylic acids is 2. The Morgan fingerprint density at radius 2 is 1.62 bits per heavy atom. The van der Waals surface area contributed by atoms with Gasteiger partial charge in [0.25, 0.3) is 5.91 Å². The molecule has 5 heteroatoms. The number of rotatable bonds is 1. The van der Waals surface area contributed by atoms with Crippen LogP contribution in [0.4, 0.5) is 5.69 Å². The second kappa shape index (κ2) is 5.76. The Bertz CT molecular complexity index is 916. The van der Waals surface area contributed by atoms with Crippen molar-refractivity contribution in [2.24, 2.45) is 5.10 Å². The number of para-hydroxylation sites is 1. The highest BCUT2D eigenvalue weighted by Crippen LogP contribution is 2.36. The first-order valence-corrected chi connectivity index (χ1v) is 8.60. The van der Waals surface area contributed by atoms with Crippen molar-refractivity contribution in [3.05, 3.63) is 76.2 Å². The Morgan fingerprint density at radius 3 is 2.38 bits per heavy atom. The smallest absolute Gasteiger partial charge is 0.257 e. The van der Waals surface area contributed by atoms with E-state index < -0.39 is 0 Å². The summed E-state index contributed by atoms with van der Waals surface area (Å²) in [5.41, 5.74) is 3.50. The third kappa shape index (κ3) is 2.29. The number of carbonyl (C=O) groups is 2. The predicted molar refractivity (Wildman–Crippen MR) is 96.4 cm³/mol. The van der Waals surface area contributed by atoms with Gasteiger partial charge in [0.1, 0.15) is 5.71 Å². The van der Waals surface area contributed by atoms with Gasteiger partial charge in [0, 0.05) is 21.6 Å². The van der Waals surface area contributed by atoms with Crippen molar-refractivity contribution in [1.29, 1.82) is 0 Å². The summed E-state index contributed by atoms with van der Waals surface area (Å²) in [7, 11) is 0. The lowest BCUT2D eigenvalue weighted by molar-refractivity contribution is -0.116. The molecule has 0 saturated heterocycles. The van der Waals surface area contributed by atoms with Crippen LogP contribution in [0.15, 0.2) is 70.2 Å². The van der Waals surface area contributed by atoms with E-state index in [1.807, 2.05) is 54.6 Å². The average Bonchev–Trinajstić information content (AvgIpc) is 2.80. The maximum Gasteiger partial charge on any atom is 0.257 e. The molecule has 0 unspecified atom stereocenters. The zero-order chi connectivity index (χ0) is 16.7. The minimum Gasteiger partial charge on any atom is -0.289 e. The van der Waals surface area contributed by atoms with Gasteiger partial charge in [-0.05, 0) is 19.1 Å². The van der Waals surface area contributed by atoms with Crippen molar-refractivity contribution >= 4 is 34.9 Å². The van der Waals surface area contributed by atoms with E-state index in [1.165, 1.54) is 16.8 Å². The molecule has 1 aliphatic carbocycles. The lowest BCUT2D eigenvalue weighted by Crippen LogP contribution is -2.27. The van der Waals surface area contributed by atoms with Crippen LogP contribution in [0.5, 0.6) is 0 Å². The number of fused-ring (bicyclic) bond motifs is 3. The van der Waals surface area contributed by atoms with E-state index in [0.717, 1.165) is 16.2 Å². The van der Waals surface area contributed by atoms with E-state index in [1.54, 1.807) is 6.92 Å². The molecule has 2 aromatic rings. The lowest BCUT2D eigenvalue weighted by Gasteiger charge is -2.21. The Balaban J connectivity index is 1.94. The summed E-state index contributed by atoms with van der Waals surface area (Å²) in [6, 6.07) is 16.8. The van der Waals surface area contributed by atoms with Gasteiger partial charge in [-0.25, -0.2) is 0 Å². The second-order valence-corrected chi connectivity index (χ2v) is 6.59. The number of anilines is 1. The second-order valence-electron chi connectivity index (χ2n) is 5.61. The number of benzene rings is 2. The molecule has 0 aromatic heterocycles. The molecule has 4 rings (SSSR count). The van der Waals surface area contributed by atoms with Crippen LogP contribution in [-0.2, 0) is 4.79 Å². The third-order valence-corrected chi connectivity index (χ3v) is 5.28. The van der Waals surface area contributed by atoms with Gasteiger partial charge in [0.15, 0.2) is 5.78 Å². The fourth-order valence-electron chi connectivity index (χ4n) is 2.89. The highest BCUT2D eigenvalue weighted by atomic mass is 32.2. The molecule has 2 aliphatic rings. The van der Waals surface area contributed by atoms with Crippen LogP contribution in [0.1, 0.15) is 22.8 Å². The normalized spacial score (nSPS) is 17.2. The van der Waals surface area contributed by atoms with Gasteiger partial charge in [0.2, 0.25) is 0 Å². The molecule has 1 amide bonds. The summed E-state index contributed by atoms with van der Waals surface area (Å²) in [6.45, 7) is 1.80. The van der Waals surface area contributed by atoms with Gasteiger partial charge in [-0.3, -0.25) is 9.59 Å². The molecule has 1 heterocycles. The van der Waals surface area contributed by atoms with Crippen molar-refractivity contribution in [2.75, 3.05) is 10.8 Å². The average molecular weight is 334 g/mol. The number of amides is 1. The summed E-state index contributed by atoms with van der Waals surface area (Å²) < 4.78 is 0. The van der Waals surface area contributed by atoms with E-state index in [2.05, 4.69) is 5.10 Å². The maximum atomic E-state index is 12.6. The summed E-state index contributed by atoms with van der Waals surface area (Å²) in [5.74, 6) is 0.162. The molecule has 4 nitrogen and oxygen atoms in total. The van der Waals surface area contributed by atoms with Crippen LogP contribution in [0, 0.1) is 0 Å². The molecule has 0 fully saturated rings. The molecular weight excluding hydrogens is 320 g/mol. The Morgan fingerprint density at radius 1 is 0.958 bits per heavy atom. The van der Waals surface area contributed by atoms with Crippen molar-refractivity contribution < 1.29 is 9.59 Å². The van der Waals surface area contributed by atoms with Crippen LogP contribution < -0.4 is 5.01 Å². The van der Waals surface area contributed by atoms with E-state index in [9.17, 15) is 9.59 Å². The minimum atomic E-state index is -0.0988. The number of allylic oxidation sites excluding steroid dienone is 2. The van der Waals surface area contributed by atoms with Gasteiger partial charge in [-0.1, -0.05) is 42.5 Å². The van der Waals surface area contributed by atoms with E-state index in [4.69, 9.17) is 0 Å². The standard InChI is InChI=1S/C19H14N2O2S/c1-12-18(23)15-10-6-5-9-14(15)17-19(12)24-11-16(22)21(20-17)13-7-3-2-4-8-13/h2-10H,11H2,1H3. The molecule has 0 N–H and O–H groups in total. The molecule has 0 bridgehead atoms. The highest BCUT2D eigenvalue weighted by Gasteiger charge is 2.32. The predicted octanol–water partition coefficient (Wildman–Crippen LogP) is 3.64. The summed E-state index contributed by atoms with van der Waals surface area (Å²) in [4.78, 5) is 25.9. The van der Waals surface area contributed by atoms with Crippen molar-refractivity contribution in [1.82, 2.24) is 0 Å². The first-order valence-electron chi connectivity index (χ1n) is 7.61. The molecule has 0 spiro atoms. The molecular formula is C19H14N2O2S. The molecule has 118 valence electrons. The number of hydrazone groups is 1. The number of hydrogen-bond acceptors (Lipinski definition) is 4. The van der Waals surface area contributed by atoms with Crippen LogP contribution in [-0.4, -0.2) is 23.2 Å². The molecule has 1 aliphatic heterocycles. The minimum absolute atomic E-state index is 0.00709. The largest absolute Gasteiger partial charge is 0.289 e. The van der Waals surface area contributed by atoms with Gasteiger partial charge in [0.05, 0.1) is 11.4 Å². The fourth-order valence-corrected chi connectivity index (χ4v) is 3.88. The SMILES string of the molecule is CC1=C2SCC(=O)N(c3ccccc3)N=C2c2ccccc2C1=O. The van der Waals surface area contributed by atoms with Crippen LogP contribution in [0.3, 0.4) is 0 Å². The highest BCUT2D eigenvalue weighted by molar-refractivity contribution is 8.04. The van der Waals surface area contributed by atoms with Crippen LogP contribution in [0.25, 0.3) is 0 Å². The Labute approximate surface area is 143 Å². The summed E-state index contributed by atoms with van der Waals surface area (Å²) in [5, 5.41) is 6.08. The Hall–Kier alpha value is -2.66. The van der Waals surface area contributed by atoms with Crippen LogP contribution >= 0.6 is 11.8 Å². The quantitative estimate of drug-likeness (QED) is 0.800. The number of thioether (sulfide) groups is 1. The zero-order valence-electron chi connectivity index (χ0n) is 13.0. The first kappa shape index (κ1) is 14.9. The molecule has 0 radical (unpaired) electrons. The third-order valence-electron chi connectivity index (χ3n) is 4.10. The zero-order valence-corrected chi connectivity index (χ0v) is 13.8. The molecule has 2 aromatic carbocycles. The van der Waals surface area contributed by atoms with Crippen molar-refractivity contribution in [2.45, 2.75) is 6.92 Å². The number of ketones is 1. The van der Waals surface area contributed by atoms with Crippen LogP contribution in [0.2, 0.25) is 0 Å². The summed E-state index contributed by atoms with van der Waals surface area (Å²) >= 11 is 1.39. The Kier molecular flexibility index (Phi) is 3.58. The van der Waals surface area contributed by atoms with E-state index in [0.29, 0.717) is 16.8 Å². The number of Topliss-reactive ketones (excluding diaryl/α,β-unsaturated/α-hetero) is 1. The topological polar surface area (TPSA) is 49.7 Å². The van der Waals surface area contributed by atoms with E-state index >= 15 is 0 Å². The number of hydrogen-bond donors (Lipinski definition) is 0. The molecule has 0 saturated carbocycles. The van der Waals surface area contributed by atoms with Gasteiger partial charge in [-0.15, -0.1) is 11.8 Å². The van der Waals surface area contributed by atoms with Crippen molar-refractivity contribution in [3.63, 3.8) is 0 Å². The molecule has 0 atom stereocenters.